The van der Waals surface area contributed by atoms with E-state index in [9.17, 15) is 4.39 Å². The molecule has 0 bridgehead atoms. The molecule has 0 spiro atoms. The SMILES string of the molecule is CCC(C)Oc1cc[c-]cc1F.[Br-].[Mg+2]. The van der Waals surface area contributed by atoms with E-state index in [1.165, 1.54) is 6.07 Å². The summed E-state index contributed by atoms with van der Waals surface area (Å²) in [6.07, 6.45) is 0.930. The first kappa shape index (κ1) is 16.6. The van der Waals surface area contributed by atoms with Crippen molar-refractivity contribution in [3.8, 4) is 5.75 Å². The molecular weight excluding hydrogens is 259 g/mol. The first-order valence-electron chi connectivity index (χ1n) is 4.06. The monoisotopic (exact) mass is 270 g/mol. The van der Waals surface area contributed by atoms with Crippen LogP contribution < -0.4 is 21.7 Å². The van der Waals surface area contributed by atoms with Crippen molar-refractivity contribution in [2.24, 2.45) is 0 Å². The minimum Gasteiger partial charge on any atom is -1.00 e. The van der Waals surface area contributed by atoms with E-state index in [0.717, 1.165) is 6.42 Å². The zero-order chi connectivity index (χ0) is 8.97. The number of ether oxygens (including phenoxy) is 1. The Morgan fingerprint density at radius 1 is 1.57 bits per heavy atom. The molecule has 0 fully saturated rings. The van der Waals surface area contributed by atoms with E-state index in [1.54, 1.807) is 12.1 Å². The second-order valence-corrected chi connectivity index (χ2v) is 2.69. The topological polar surface area (TPSA) is 9.23 Å². The summed E-state index contributed by atoms with van der Waals surface area (Å²) in [6, 6.07) is 7.14. The Morgan fingerprint density at radius 2 is 2.21 bits per heavy atom. The first-order valence-corrected chi connectivity index (χ1v) is 4.06. The maximum atomic E-state index is 12.9. The van der Waals surface area contributed by atoms with Crippen molar-refractivity contribution >= 4 is 23.1 Å². The van der Waals surface area contributed by atoms with Gasteiger partial charge in [-0.25, -0.2) is 0 Å². The van der Waals surface area contributed by atoms with Gasteiger partial charge in [-0.15, -0.1) is 12.1 Å². The third-order valence-corrected chi connectivity index (χ3v) is 1.68. The van der Waals surface area contributed by atoms with Gasteiger partial charge in [0.05, 0.1) is 6.10 Å². The van der Waals surface area contributed by atoms with Crippen molar-refractivity contribution in [1.29, 1.82) is 0 Å². The molecular formula is C10H12BrFMgO. The van der Waals surface area contributed by atoms with Crippen molar-refractivity contribution in [1.82, 2.24) is 0 Å². The van der Waals surface area contributed by atoms with Crippen LogP contribution in [0.1, 0.15) is 20.3 Å². The quantitative estimate of drug-likeness (QED) is 0.528. The molecule has 74 valence electrons. The van der Waals surface area contributed by atoms with Gasteiger partial charge in [-0.2, -0.15) is 12.1 Å². The molecule has 1 rings (SSSR count). The molecule has 1 aromatic carbocycles. The van der Waals surface area contributed by atoms with E-state index in [4.69, 9.17) is 4.74 Å². The van der Waals surface area contributed by atoms with Crippen LogP contribution in [0.3, 0.4) is 0 Å². The van der Waals surface area contributed by atoms with Crippen molar-refractivity contribution < 1.29 is 26.1 Å². The van der Waals surface area contributed by atoms with Gasteiger partial charge in [-0.3, -0.25) is 4.39 Å². The average Bonchev–Trinajstić information content (AvgIpc) is 2.09. The van der Waals surface area contributed by atoms with E-state index >= 15 is 0 Å². The molecule has 0 saturated carbocycles. The fourth-order valence-corrected chi connectivity index (χ4v) is 0.791. The predicted octanol–water partition coefficient (Wildman–Crippen LogP) is -0.574. The molecule has 1 unspecified atom stereocenters. The Kier molecular flexibility index (Phi) is 10.1. The van der Waals surface area contributed by atoms with E-state index in [1.807, 2.05) is 13.8 Å². The Labute approximate surface area is 111 Å². The van der Waals surface area contributed by atoms with E-state index < -0.39 is 0 Å². The van der Waals surface area contributed by atoms with Crippen molar-refractivity contribution in [3.05, 3.63) is 30.1 Å². The van der Waals surface area contributed by atoms with Crippen molar-refractivity contribution in [2.75, 3.05) is 0 Å². The van der Waals surface area contributed by atoms with E-state index in [2.05, 4.69) is 6.07 Å². The number of hydrogen-bond donors (Lipinski definition) is 0. The van der Waals surface area contributed by atoms with Crippen LogP contribution >= 0.6 is 0 Å². The Hall–Kier alpha value is 0.196. The summed E-state index contributed by atoms with van der Waals surface area (Å²) in [6.45, 7) is 3.91. The number of benzene rings is 1. The maximum Gasteiger partial charge on any atom is 2.00 e. The normalized spacial score (nSPS) is 10.8. The molecule has 0 aliphatic heterocycles. The van der Waals surface area contributed by atoms with Crippen LogP contribution in [0, 0.1) is 11.9 Å². The summed E-state index contributed by atoms with van der Waals surface area (Å²) in [7, 11) is 0. The van der Waals surface area contributed by atoms with Crippen LogP contribution in [-0.4, -0.2) is 29.2 Å². The van der Waals surface area contributed by atoms with Gasteiger partial charge in [0, 0.05) is 11.6 Å². The molecule has 1 atom stereocenters. The van der Waals surface area contributed by atoms with Crippen LogP contribution in [0.5, 0.6) is 5.75 Å². The molecule has 0 amide bonds. The second-order valence-electron chi connectivity index (χ2n) is 2.69. The van der Waals surface area contributed by atoms with Gasteiger partial charge in [-0.1, -0.05) is 6.92 Å². The van der Waals surface area contributed by atoms with Crippen LogP contribution in [0.25, 0.3) is 0 Å². The van der Waals surface area contributed by atoms with Crippen LogP contribution in [0.4, 0.5) is 4.39 Å². The molecule has 0 aromatic heterocycles. The molecule has 0 saturated heterocycles. The van der Waals surface area contributed by atoms with E-state index in [-0.39, 0.29) is 52.0 Å². The summed E-state index contributed by atoms with van der Waals surface area (Å²) in [5.41, 5.74) is 0. The minimum absolute atomic E-state index is 0. The smallest absolute Gasteiger partial charge is 1.00 e. The van der Waals surface area contributed by atoms with Gasteiger partial charge < -0.3 is 21.7 Å². The molecule has 4 heteroatoms. The second kappa shape index (κ2) is 8.50. The summed E-state index contributed by atoms with van der Waals surface area (Å²) in [5, 5.41) is 0. The molecule has 14 heavy (non-hydrogen) atoms. The van der Waals surface area contributed by atoms with Gasteiger partial charge in [0.25, 0.3) is 0 Å². The zero-order valence-corrected chi connectivity index (χ0v) is 11.4. The molecule has 0 radical (unpaired) electrons. The molecule has 0 aliphatic rings. The Balaban J connectivity index is 0. The predicted molar refractivity (Wildman–Crippen MR) is 51.4 cm³/mol. The first-order chi connectivity index (χ1) is 5.74. The standard InChI is InChI=1S/C10H12FO.BrH.Mg/c1-3-8(2)12-10-7-5-4-6-9(10)11;;/h5-8H,3H2,1-2H3;1H;/q-1;;+2/p-1. The molecule has 0 aliphatic carbocycles. The van der Waals surface area contributed by atoms with Crippen LogP contribution in [0.15, 0.2) is 18.2 Å². The van der Waals surface area contributed by atoms with Gasteiger partial charge in [0.2, 0.25) is 0 Å². The summed E-state index contributed by atoms with van der Waals surface area (Å²) >= 11 is 0. The fourth-order valence-electron chi connectivity index (χ4n) is 0.791. The molecule has 0 heterocycles. The third kappa shape index (κ3) is 5.17. The van der Waals surface area contributed by atoms with Crippen LogP contribution in [0.2, 0.25) is 0 Å². The summed E-state index contributed by atoms with van der Waals surface area (Å²) in [4.78, 5) is 0. The summed E-state index contributed by atoms with van der Waals surface area (Å²) < 4.78 is 18.2. The summed E-state index contributed by atoms with van der Waals surface area (Å²) in [5.74, 6) is -0.0408. The number of halogens is 2. The average molecular weight is 271 g/mol. The minimum atomic E-state index is -0.349. The van der Waals surface area contributed by atoms with Crippen LogP contribution in [-0.2, 0) is 0 Å². The van der Waals surface area contributed by atoms with Gasteiger partial charge in [0.15, 0.2) is 0 Å². The van der Waals surface area contributed by atoms with Crippen molar-refractivity contribution in [3.63, 3.8) is 0 Å². The zero-order valence-electron chi connectivity index (χ0n) is 8.39. The molecule has 0 N–H and O–H groups in total. The third-order valence-electron chi connectivity index (χ3n) is 1.68. The Bertz CT molecular complexity index is 258. The number of rotatable bonds is 3. The maximum absolute atomic E-state index is 12.9. The fraction of sp³-hybridized carbons (Fsp3) is 0.400. The van der Waals surface area contributed by atoms with Gasteiger partial charge in [0.1, 0.15) is 0 Å². The van der Waals surface area contributed by atoms with Gasteiger partial charge >= 0.3 is 23.1 Å². The molecule has 1 nitrogen and oxygen atoms in total. The largest absolute Gasteiger partial charge is 2.00 e. The van der Waals surface area contributed by atoms with E-state index in [0.29, 0.717) is 5.75 Å². The Morgan fingerprint density at radius 3 is 2.71 bits per heavy atom. The molecule has 1 aromatic rings. The van der Waals surface area contributed by atoms with Gasteiger partial charge in [-0.05, 0) is 13.3 Å². The number of hydrogen-bond acceptors (Lipinski definition) is 1. The van der Waals surface area contributed by atoms with Crippen molar-refractivity contribution in [2.45, 2.75) is 26.4 Å².